The largest absolute Gasteiger partial charge is 0.433 e. The molecule has 2 atom stereocenters. The molecule has 0 aromatic carbocycles. The maximum atomic E-state index is 12.2. The summed E-state index contributed by atoms with van der Waals surface area (Å²) in [6.07, 6.45) is 0.647. The van der Waals surface area contributed by atoms with Crippen molar-refractivity contribution in [3.05, 3.63) is 15.8 Å². The minimum Gasteiger partial charge on any atom is -0.433 e. The molecule has 2 unspecified atom stereocenters. The summed E-state index contributed by atoms with van der Waals surface area (Å²) in [5.41, 5.74) is 0. The molecule has 8 heteroatoms. The fraction of sp³-hybridized carbons (Fsp3) is 0.545. The lowest BCUT2D eigenvalue weighted by Gasteiger charge is -2.11. The van der Waals surface area contributed by atoms with Crippen LogP contribution in [0.2, 0.25) is 0 Å². The Morgan fingerprint density at radius 1 is 1.63 bits per heavy atom. The van der Waals surface area contributed by atoms with E-state index in [2.05, 4.69) is 10.1 Å². The summed E-state index contributed by atoms with van der Waals surface area (Å²) in [6.45, 7) is -1.25. The van der Waals surface area contributed by atoms with Crippen molar-refractivity contribution >= 4 is 28.0 Å². The van der Waals surface area contributed by atoms with E-state index in [1.165, 1.54) is 6.07 Å². The number of hydrogen-bond acceptors (Lipinski definition) is 4. The number of nitrogens with one attached hydrogen (secondary N) is 1. The molecule has 0 saturated carbocycles. The number of thiophene rings is 1. The van der Waals surface area contributed by atoms with Gasteiger partial charge in [0.15, 0.2) is 0 Å². The van der Waals surface area contributed by atoms with Gasteiger partial charge >= 0.3 is 6.61 Å². The summed E-state index contributed by atoms with van der Waals surface area (Å²) in [6, 6.07) is 1.26. The third-order valence-electron chi connectivity index (χ3n) is 2.66. The molecular weight excluding hydrogens is 296 g/mol. The highest BCUT2D eigenvalue weighted by Crippen LogP contribution is 2.30. The zero-order chi connectivity index (χ0) is 14.0. The van der Waals surface area contributed by atoms with Gasteiger partial charge < -0.3 is 10.1 Å². The molecule has 1 fully saturated rings. The Hall–Kier alpha value is -1.02. The van der Waals surface area contributed by atoms with Gasteiger partial charge in [-0.25, -0.2) is 0 Å². The second-order valence-corrected chi connectivity index (χ2v) is 7.08. The van der Waals surface area contributed by atoms with E-state index in [-0.39, 0.29) is 16.7 Å². The van der Waals surface area contributed by atoms with E-state index in [9.17, 15) is 17.8 Å². The van der Waals surface area contributed by atoms with Crippen LogP contribution < -0.4 is 10.1 Å². The number of carbonyl (C=O) groups is 1. The van der Waals surface area contributed by atoms with Crippen LogP contribution >= 0.6 is 11.3 Å². The minimum atomic E-state index is -2.96. The van der Waals surface area contributed by atoms with Gasteiger partial charge in [-0.1, -0.05) is 0 Å². The van der Waals surface area contributed by atoms with Crippen LogP contribution in [0.25, 0.3) is 0 Å². The number of ether oxygens (including phenoxy) is 1. The number of aryl methyl sites for hydroxylation is 1. The zero-order valence-corrected chi connectivity index (χ0v) is 11.8. The Labute approximate surface area is 115 Å². The Bertz CT molecular complexity index is 504. The van der Waals surface area contributed by atoms with Gasteiger partial charge in [-0.15, -0.1) is 11.3 Å². The molecular formula is C11H13F2NO3S2. The van der Waals surface area contributed by atoms with Crippen LogP contribution in [0.15, 0.2) is 6.07 Å². The quantitative estimate of drug-likeness (QED) is 0.924. The second kappa shape index (κ2) is 5.96. The van der Waals surface area contributed by atoms with Gasteiger partial charge in [-0.05, 0) is 19.4 Å². The third-order valence-corrected chi connectivity index (χ3v) is 5.16. The molecule has 2 rings (SSSR count). The molecule has 0 spiro atoms. The molecule has 1 amide bonds. The fourth-order valence-corrected chi connectivity index (χ4v) is 4.12. The SMILES string of the molecule is Cc1cc(OC(F)F)c(C(=O)NC2CCS(=O)C2)s1. The van der Waals surface area contributed by atoms with Gasteiger partial charge in [0.05, 0.1) is 0 Å². The van der Waals surface area contributed by atoms with Crippen molar-refractivity contribution in [2.45, 2.75) is 26.0 Å². The van der Waals surface area contributed by atoms with Crippen molar-refractivity contribution in [2.24, 2.45) is 0 Å². The van der Waals surface area contributed by atoms with Gasteiger partial charge in [-0.2, -0.15) is 8.78 Å². The molecule has 1 aliphatic heterocycles. The van der Waals surface area contributed by atoms with E-state index in [0.717, 1.165) is 16.2 Å². The van der Waals surface area contributed by atoms with Crippen LogP contribution in [0, 0.1) is 6.92 Å². The van der Waals surface area contributed by atoms with Gasteiger partial charge in [0.25, 0.3) is 5.91 Å². The molecule has 106 valence electrons. The molecule has 0 bridgehead atoms. The lowest BCUT2D eigenvalue weighted by molar-refractivity contribution is -0.0498. The molecule has 0 aliphatic carbocycles. The highest BCUT2D eigenvalue weighted by Gasteiger charge is 2.26. The van der Waals surface area contributed by atoms with Crippen molar-refractivity contribution in [3.63, 3.8) is 0 Å². The Kier molecular flexibility index (Phi) is 4.51. The topological polar surface area (TPSA) is 55.4 Å². The van der Waals surface area contributed by atoms with Crippen LogP contribution in [-0.4, -0.2) is 34.3 Å². The van der Waals surface area contributed by atoms with Crippen molar-refractivity contribution in [2.75, 3.05) is 11.5 Å². The van der Waals surface area contributed by atoms with Crippen LogP contribution in [0.5, 0.6) is 5.75 Å². The highest BCUT2D eigenvalue weighted by atomic mass is 32.2. The summed E-state index contributed by atoms with van der Waals surface area (Å²) in [4.78, 5) is 12.9. The van der Waals surface area contributed by atoms with E-state index in [1.54, 1.807) is 6.92 Å². The number of hydrogen-bond donors (Lipinski definition) is 1. The lowest BCUT2D eigenvalue weighted by atomic mass is 10.2. The predicted molar refractivity (Wildman–Crippen MR) is 69.4 cm³/mol. The van der Waals surface area contributed by atoms with Gasteiger partial charge in [0.2, 0.25) is 0 Å². The van der Waals surface area contributed by atoms with E-state index in [1.807, 2.05) is 0 Å². The smallest absolute Gasteiger partial charge is 0.387 e. The van der Waals surface area contributed by atoms with Gasteiger partial charge in [0, 0.05) is 33.2 Å². The zero-order valence-electron chi connectivity index (χ0n) is 10.2. The predicted octanol–water partition coefficient (Wildman–Crippen LogP) is 1.91. The first kappa shape index (κ1) is 14.4. The molecule has 0 radical (unpaired) electrons. The third kappa shape index (κ3) is 3.73. The van der Waals surface area contributed by atoms with Crippen LogP contribution in [0.4, 0.5) is 8.78 Å². The minimum absolute atomic E-state index is 0.103. The van der Waals surface area contributed by atoms with Crippen molar-refractivity contribution in [3.8, 4) is 5.75 Å². The second-order valence-electron chi connectivity index (χ2n) is 4.20. The van der Waals surface area contributed by atoms with E-state index >= 15 is 0 Å². The molecule has 1 saturated heterocycles. The maximum Gasteiger partial charge on any atom is 0.387 e. The first-order chi connectivity index (χ1) is 8.95. The highest BCUT2D eigenvalue weighted by molar-refractivity contribution is 7.85. The Morgan fingerprint density at radius 2 is 2.37 bits per heavy atom. The molecule has 1 N–H and O–H groups in total. The van der Waals surface area contributed by atoms with Crippen LogP contribution in [-0.2, 0) is 10.8 Å². The Balaban J connectivity index is 2.07. The van der Waals surface area contributed by atoms with E-state index < -0.39 is 23.3 Å². The fourth-order valence-electron chi connectivity index (χ4n) is 1.86. The Morgan fingerprint density at radius 3 is 2.95 bits per heavy atom. The normalized spacial score (nSPS) is 22.7. The number of alkyl halides is 2. The van der Waals surface area contributed by atoms with E-state index in [0.29, 0.717) is 17.9 Å². The van der Waals surface area contributed by atoms with Crippen molar-refractivity contribution in [1.29, 1.82) is 0 Å². The van der Waals surface area contributed by atoms with Gasteiger partial charge in [-0.3, -0.25) is 9.00 Å². The number of halogens is 2. The first-order valence-electron chi connectivity index (χ1n) is 5.67. The summed E-state index contributed by atoms with van der Waals surface area (Å²) >= 11 is 1.10. The maximum absolute atomic E-state index is 12.2. The average Bonchev–Trinajstić information content (AvgIpc) is 2.84. The molecule has 2 heterocycles. The molecule has 19 heavy (non-hydrogen) atoms. The standard InChI is InChI=1S/C11H13F2NO3S2/c1-6-4-8(17-11(12)13)9(18-6)10(15)14-7-2-3-19(16)5-7/h4,7,11H,2-3,5H2,1H3,(H,14,15). The molecule has 1 aliphatic rings. The van der Waals surface area contributed by atoms with Gasteiger partial charge in [0.1, 0.15) is 10.6 Å². The first-order valence-corrected chi connectivity index (χ1v) is 7.97. The monoisotopic (exact) mass is 309 g/mol. The summed E-state index contributed by atoms with van der Waals surface area (Å²) in [5, 5.41) is 2.71. The van der Waals surface area contributed by atoms with Crippen LogP contribution in [0.1, 0.15) is 21.0 Å². The number of amides is 1. The lowest BCUT2D eigenvalue weighted by Crippen LogP contribution is -2.35. The van der Waals surface area contributed by atoms with Crippen LogP contribution in [0.3, 0.4) is 0 Å². The summed E-state index contributed by atoms with van der Waals surface area (Å²) < 4.78 is 40.0. The molecule has 1 aromatic heterocycles. The van der Waals surface area contributed by atoms with E-state index in [4.69, 9.17) is 0 Å². The molecule has 1 aromatic rings. The van der Waals surface area contributed by atoms with Crippen molar-refractivity contribution in [1.82, 2.24) is 5.32 Å². The van der Waals surface area contributed by atoms with Crippen molar-refractivity contribution < 1.29 is 22.5 Å². The number of carbonyl (C=O) groups excluding carboxylic acids is 1. The molecule has 4 nitrogen and oxygen atoms in total. The summed E-state index contributed by atoms with van der Waals surface area (Å²) in [5.74, 6) is 0.433. The summed E-state index contributed by atoms with van der Waals surface area (Å²) in [7, 11) is -0.898. The number of rotatable bonds is 4. The average molecular weight is 309 g/mol.